The standard InChI is InChI=1S/C11H14N6O4/c1-8-10(17(19)20)5-15(14-8)6-11(18)13-9-3-12-16(4-9)7-21-2/h3-5H,6-7H2,1-2H3,(H,13,18). The molecule has 0 fully saturated rings. The van der Waals surface area contributed by atoms with Crippen molar-refractivity contribution < 1.29 is 14.5 Å². The molecule has 0 aliphatic carbocycles. The van der Waals surface area contributed by atoms with Gasteiger partial charge in [-0.2, -0.15) is 10.2 Å². The molecule has 0 unspecified atom stereocenters. The Hall–Kier alpha value is -2.75. The lowest BCUT2D eigenvalue weighted by Gasteiger charge is -2.02. The van der Waals surface area contributed by atoms with Gasteiger partial charge in [-0.15, -0.1) is 0 Å². The first-order valence-corrected chi connectivity index (χ1v) is 5.99. The number of methoxy groups -OCH3 is 1. The summed E-state index contributed by atoms with van der Waals surface area (Å²) in [7, 11) is 1.53. The highest BCUT2D eigenvalue weighted by Crippen LogP contribution is 2.15. The molecule has 10 heteroatoms. The summed E-state index contributed by atoms with van der Waals surface area (Å²) in [6.07, 6.45) is 4.31. The van der Waals surface area contributed by atoms with Crippen molar-refractivity contribution in [2.24, 2.45) is 0 Å². The van der Waals surface area contributed by atoms with E-state index in [1.165, 1.54) is 35.8 Å². The van der Waals surface area contributed by atoms with Crippen molar-refractivity contribution in [1.82, 2.24) is 19.6 Å². The van der Waals surface area contributed by atoms with Crippen LogP contribution in [0.25, 0.3) is 0 Å². The molecular formula is C11H14N6O4. The summed E-state index contributed by atoms with van der Waals surface area (Å²) in [6, 6.07) is 0. The Kier molecular flexibility index (Phi) is 4.28. The quantitative estimate of drug-likeness (QED) is 0.613. The molecule has 10 nitrogen and oxygen atoms in total. The number of carbonyl (C=O) groups excluding carboxylic acids is 1. The van der Waals surface area contributed by atoms with E-state index in [1.807, 2.05) is 0 Å². The Morgan fingerprint density at radius 2 is 2.24 bits per heavy atom. The Labute approximate surface area is 119 Å². The molecule has 0 saturated carbocycles. The smallest absolute Gasteiger partial charge is 0.309 e. The average molecular weight is 294 g/mol. The molecule has 21 heavy (non-hydrogen) atoms. The maximum absolute atomic E-state index is 11.8. The molecule has 2 aromatic rings. The van der Waals surface area contributed by atoms with E-state index in [9.17, 15) is 14.9 Å². The molecule has 2 aromatic heterocycles. The van der Waals surface area contributed by atoms with Gasteiger partial charge in [0.05, 0.1) is 23.0 Å². The second kappa shape index (κ2) is 6.13. The van der Waals surface area contributed by atoms with Crippen LogP contribution >= 0.6 is 0 Å². The molecule has 0 aromatic carbocycles. The SMILES string of the molecule is COCn1cc(NC(=O)Cn2cc([N+](=O)[O-])c(C)n2)cn1. The number of anilines is 1. The molecule has 2 rings (SSSR count). The summed E-state index contributed by atoms with van der Waals surface area (Å²) in [4.78, 5) is 22.0. The summed E-state index contributed by atoms with van der Waals surface area (Å²) < 4.78 is 7.63. The number of ether oxygens (including phenoxy) is 1. The first-order valence-electron chi connectivity index (χ1n) is 5.99. The van der Waals surface area contributed by atoms with E-state index >= 15 is 0 Å². The van der Waals surface area contributed by atoms with Gasteiger partial charge in [0, 0.05) is 7.11 Å². The van der Waals surface area contributed by atoms with E-state index in [4.69, 9.17) is 4.74 Å². The monoisotopic (exact) mass is 294 g/mol. The van der Waals surface area contributed by atoms with Gasteiger partial charge >= 0.3 is 5.69 Å². The zero-order valence-corrected chi connectivity index (χ0v) is 11.5. The second-order valence-corrected chi connectivity index (χ2v) is 4.29. The fourth-order valence-corrected chi connectivity index (χ4v) is 1.75. The summed E-state index contributed by atoms with van der Waals surface area (Å²) in [5.74, 6) is -0.357. The molecule has 0 aliphatic heterocycles. The fourth-order valence-electron chi connectivity index (χ4n) is 1.75. The maximum Gasteiger partial charge on any atom is 0.309 e. The van der Waals surface area contributed by atoms with Crippen LogP contribution in [-0.4, -0.2) is 37.5 Å². The summed E-state index contributed by atoms with van der Waals surface area (Å²) in [6.45, 7) is 1.67. The Bertz CT molecular complexity index is 661. The van der Waals surface area contributed by atoms with E-state index < -0.39 is 4.92 Å². The molecule has 1 N–H and O–H groups in total. The number of hydrogen-bond donors (Lipinski definition) is 1. The van der Waals surface area contributed by atoms with Crippen molar-refractivity contribution in [1.29, 1.82) is 0 Å². The lowest BCUT2D eigenvalue weighted by molar-refractivity contribution is -0.385. The molecule has 2 heterocycles. The summed E-state index contributed by atoms with van der Waals surface area (Å²) in [5, 5.41) is 21.2. The van der Waals surface area contributed by atoms with Crippen LogP contribution in [0, 0.1) is 17.0 Å². The van der Waals surface area contributed by atoms with E-state index in [-0.39, 0.29) is 30.6 Å². The van der Waals surface area contributed by atoms with Gasteiger partial charge in [0.1, 0.15) is 25.2 Å². The number of nitrogens with one attached hydrogen (secondary N) is 1. The Morgan fingerprint density at radius 3 is 2.86 bits per heavy atom. The second-order valence-electron chi connectivity index (χ2n) is 4.29. The zero-order chi connectivity index (χ0) is 15.4. The molecule has 0 aliphatic rings. The van der Waals surface area contributed by atoms with Gasteiger partial charge in [-0.3, -0.25) is 19.6 Å². The molecule has 0 bridgehead atoms. The summed E-state index contributed by atoms with van der Waals surface area (Å²) in [5.41, 5.74) is 0.659. The van der Waals surface area contributed by atoms with Crippen molar-refractivity contribution in [2.45, 2.75) is 20.2 Å². The van der Waals surface area contributed by atoms with Gasteiger partial charge in [-0.05, 0) is 6.92 Å². The largest absolute Gasteiger partial charge is 0.362 e. The van der Waals surface area contributed by atoms with Gasteiger partial charge in [0.2, 0.25) is 5.91 Å². The maximum atomic E-state index is 11.8. The van der Waals surface area contributed by atoms with Crippen molar-refractivity contribution in [3.63, 3.8) is 0 Å². The fraction of sp³-hybridized carbons (Fsp3) is 0.364. The third-order valence-electron chi connectivity index (χ3n) is 2.60. The topological polar surface area (TPSA) is 117 Å². The van der Waals surface area contributed by atoms with Crippen LogP contribution in [0.2, 0.25) is 0 Å². The van der Waals surface area contributed by atoms with Gasteiger partial charge in [-0.1, -0.05) is 0 Å². The Balaban J connectivity index is 1.97. The van der Waals surface area contributed by atoms with E-state index in [2.05, 4.69) is 15.5 Å². The van der Waals surface area contributed by atoms with Crippen LogP contribution in [0.15, 0.2) is 18.6 Å². The first kappa shape index (κ1) is 14.7. The highest BCUT2D eigenvalue weighted by atomic mass is 16.6. The van der Waals surface area contributed by atoms with Crippen molar-refractivity contribution in [3.05, 3.63) is 34.4 Å². The number of amides is 1. The lowest BCUT2D eigenvalue weighted by Crippen LogP contribution is -2.18. The van der Waals surface area contributed by atoms with Crippen molar-refractivity contribution >= 4 is 17.3 Å². The van der Waals surface area contributed by atoms with Gasteiger partial charge in [0.25, 0.3) is 0 Å². The lowest BCUT2D eigenvalue weighted by atomic mass is 10.4. The number of aryl methyl sites for hydroxylation is 1. The Morgan fingerprint density at radius 1 is 1.48 bits per heavy atom. The normalized spacial score (nSPS) is 10.6. The number of nitrogens with zero attached hydrogens (tertiary/aromatic N) is 5. The highest BCUT2D eigenvalue weighted by molar-refractivity contribution is 5.90. The molecular weight excluding hydrogens is 280 g/mol. The van der Waals surface area contributed by atoms with Gasteiger partial charge in [-0.25, -0.2) is 4.68 Å². The van der Waals surface area contributed by atoms with Crippen LogP contribution < -0.4 is 5.32 Å². The highest BCUT2D eigenvalue weighted by Gasteiger charge is 2.16. The summed E-state index contributed by atoms with van der Waals surface area (Å²) >= 11 is 0. The molecule has 0 saturated heterocycles. The third-order valence-corrected chi connectivity index (χ3v) is 2.60. The number of nitro groups is 1. The molecule has 112 valence electrons. The van der Waals surface area contributed by atoms with Crippen LogP contribution in [0.5, 0.6) is 0 Å². The van der Waals surface area contributed by atoms with E-state index in [0.717, 1.165) is 0 Å². The average Bonchev–Trinajstić information content (AvgIpc) is 2.97. The van der Waals surface area contributed by atoms with Crippen LogP contribution in [0.1, 0.15) is 5.69 Å². The minimum Gasteiger partial charge on any atom is -0.362 e. The number of aromatic nitrogens is 4. The minimum absolute atomic E-state index is 0.115. The first-order chi connectivity index (χ1) is 9.99. The predicted molar refractivity (Wildman–Crippen MR) is 71.5 cm³/mol. The zero-order valence-electron chi connectivity index (χ0n) is 11.5. The third kappa shape index (κ3) is 3.63. The van der Waals surface area contributed by atoms with Crippen LogP contribution in [-0.2, 0) is 22.8 Å². The van der Waals surface area contributed by atoms with E-state index in [1.54, 1.807) is 6.20 Å². The number of rotatable bonds is 6. The van der Waals surface area contributed by atoms with E-state index in [0.29, 0.717) is 5.69 Å². The van der Waals surface area contributed by atoms with Gasteiger partial charge < -0.3 is 10.1 Å². The minimum atomic E-state index is -0.536. The van der Waals surface area contributed by atoms with Crippen LogP contribution in [0.3, 0.4) is 0 Å². The molecule has 1 amide bonds. The van der Waals surface area contributed by atoms with Crippen molar-refractivity contribution in [3.8, 4) is 0 Å². The van der Waals surface area contributed by atoms with Gasteiger partial charge in [0.15, 0.2) is 0 Å². The number of hydrogen-bond acceptors (Lipinski definition) is 6. The molecule has 0 radical (unpaired) electrons. The van der Waals surface area contributed by atoms with Crippen molar-refractivity contribution in [2.75, 3.05) is 12.4 Å². The number of carbonyl (C=O) groups is 1. The van der Waals surface area contributed by atoms with Crippen LogP contribution in [0.4, 0.5) is 11.4 Å². The molecule has 0 spiro atoms. The predicted octanol–water partition coefficient (Wildman–Crippen LogP) is 0.539. The molecule has 0 atom stereocenters.